The molecule has 0 bridgehead atoms. The maximum atomic E-state index is 12.5. The molecule has 0 unspecified atom stereocenters. The van der Waals surface area contributed by atoms with E-state index in [9.17, 15) is 14.7 Å². The molecule has 106 valence electrons. The van der Waals surface area contributed by atoms with Gasteiger partial charge in [0, 0.05) is 13.4 Å². The predicted octanol–water partition coefficient (Wildman–Crippen LogP) is 4.81. The van der Waals surface area contributed by atoms with Crippen molar-refractivity contribution in [3.05, 3.63) is 30.1 Å². The largest absolute Gasteiger partial charge is 0.478 e. The third-order valence-corrected chi connectivity index (χ3v) is 7.14. The van der Waals surface area contributed by atoms with Gasteiger partial charge in [0.1, 0.15) is 0 Å². The molecular formula is C12H13Br3O3S. The van der Waals surface area contributed by atoms with Crippen LogP contribution in [0.5, 0.6) is 0 Å². The quantitative estimate of drug-likeness (QED) is 0.623. The highest BCUT2D eigenvalue weighted by Gasteiger charge is 2.30. The van der Waals surface area contributed by atoms with Crippen molar-refractivity contribution in [1.29, 1.82) is 0 Å². The molecule has 0 fully saturated rings. The van der Waals surface area contributed by atoms with Crippen LogP contribution in [0.25, 0.3) is 0 Å². The van der Waals surface area contributed by atoms with Crippen molar-refractivity contribution in [3.63, 3.8) is 0 Å². The van der Waals surface area contributed by atoms with Gasteiger partial charge in [0.25, 0.3) is 0 Å². The highest BCUT2D eigenvalue weighted by molar-refractivity contribution is 9.13. The standard InChI is InChI=1S/C12H13Br3O3S/c1-5-8(13)6(11(16)17)7(10(15)9(5)14)12(18)19(2,3)4/h1-4H3,(H,16,17). The molecule has 1 N–H and O–H groups in total. The van der Waals surface area contributed by atoms with E-state index in [4.69, 9.17) is 0 Å². The van der Waals surface area contributed by atoms with Gasteiger partial charge in [-0.15, -0.1) is 0 Å². The Kier molecular flexibility index (Phi) is 5.32. The maximum absolute atomic E-state index is 12.5. The van der Waals surface area contributed by atoms with Gasteiger partial charge in [-0.05, 0) is 79.0 Å². The number of halogens is 3. The summed E-state index contributed by atoms with van der Waals surface area (Å²) in [7, 11) is -1.55. The fraction of sp³-hybridized carbons (Fsp3) is 0.333. The zero-order valence-electron chi connectivity index (χ0n) is 10.8. The van der Waals surface area contributed by atoms with Gasteiger partial charge >= 0.3 is 5.97 Å². The summed E-state index contributed by atoms with van der Waals surface area (Å²) in [6.07, 6.45) is 5.53. The number of hydrogen-bond donors (Lipinski definition) is 1. The number of benzene rings is 1. The Balaban J connectivity index is 3.82. The first kappa shape index (κ1) is 17.2. The smallest absolute Gasteiger partial charge is 0.337 e. The van der Waals surface area contributed by atoms with Crippen molar-refractivity contribution in [3.8, 4) is 0 Å². The molecule has 0 radical (unpaired) electrons. The van der Waals surface area contributed by atoms with E-state index in [2.05, 4.69) is 47.8 Å². The Morgan fingerprint density at radius 3 is 1.79 bits per heavy atom. The molecule has 0 spiro atoms. The molecular weight excluding hydrogens is 464 g/mol. The van der Waals surface area contributed by atoms with Gasteiger partial charge in [-0.1, -0.05) is 0 Å². The number of carbonyl (C=O) groups excluding carboxylic acids is 1. The summed E-state index contributed by atoms with van der Waals surface area (Å²) in [6.45, 7) is 1.78. The Hall–Kier alpha value is 0.150. The van der Waals surface area contributed by atoms with Gasteiger partial charge in [-0.3, -0.25) is 4.79 Å². The van der Waals surface area contributed by atoms with Gasteiger partial charge in [-0.25, -0.2) is 4.79 Å². The van der Waals surface area contributed by atoms with Crippen LogP contribution in [0.15, 0.2) is 13.4 Å². The predicted molar refractivity (Wildman–Crippen MR) is 90.9 cm³/mol. The van der Waals surface area contributed by atoms with Gasteiger partial charge < -0.3 is 5.11 Å². The first-order chi connectivity index (χ1) is 8.50. The summed E-state index contributed by atoms with van der Waals surface area (Å²) in [5.41, 5.74) is 0.976. The lowest BCUT2D eigenvalue weighted by atomic mass is 10.1. The molecule has 0 aliphatic carbocycles. The molecule has 0 atom stereocenters. The number of aromatic carboxylic acids is 1. The van der Waals surface area contributed by atoms with E-state index in [1.165, 1.54) is 0 Å². The number of carbonyl (C=O) groups is 2. The monoisotopic (exact) mass is 474 g/mol. The van der Waals surface area contributed by atoms with Gasteiger partial charge in [0.15, 0.2) is 0 Å². The molecule has 0 aromatic heterocycles. The van der Waals surface area contributed by atoms with Crippen molar-refractivity contribution < 1.29 is 14.7 Å². The highest BCUT2D eigenvalue weighted by atomic mass is 79.9. The number of hydrogen-bond acceptors (Lipinski definition) is 2. The van der Waals surface area contributed by atoms with Gasteiger partial charge in [-0.2, -0.15) is 10.0 Å². The average molecular weight is 477 g/mol. The molecule has 3 nitrogen and oxygen atoms in total. The molecule has 0 saturated carbocycles. The van der Waals surface area contributed by atoms with E-state index in [0.29, 0.717) is 13.4 Å². The van der Waals surface area contributed by atoms with Crippen LogP contribution in [0.2, 0.25) is 0 Å². The lowest BCUT2D eigenvalue weighted by Gasteiger charge is -2.26. The summed E-state index contributed by atoms with van der Waals surface area (Å²) in [5, 5.41) is 9.25. The van der Waals surface area contributed by atoms with Crippen molar-refractivity contribution >= 4 is 68.9 Å². The summed E-state index contributed by atoms with van der Waals surface area (Å²) >= 11 is 10.0. The molecule has 0 saturated heterocycles. The van der Waals surface area contributed by atoms with E-state index in [0.717, 1.165) is 5.56 Å². The average Bonchev–Trinajstić information content (AvgIpc) is 2.28. The number of rotatable bonds is 2. The zero-order chi connectivity index (χ0) is 15.1. The van der Waals surface area contributed by atoms with Crippen LogP contribution in [0.4, 0.5) is 0 Å². The van der Waals surface area contributed by atoms with Crippen molar-refractivity contribution in [2.45, 2.75) is 6.92 Å². The molecule has 19 heavy (non-hydrogen) atoms. The van der Waals surface area contributed by atoms with E-state index in [1.807, 2.05) is 18.8 Å². The molecule has 0 heterocycles. The van der Waals surface area contributed by atoms with Crippen LogP contribution in [-0.2, 0) is 0 Å². The van der Waals surface area contributed by atoms with Crippen LogP contribution in [0, 0.1) is 6.92 Å². The second-order valence-electron chi connectivity index (χ2n) is 4.75. The zero-order valence-corrected chi connectivity index (χ0v) is 16.4. The van der Waals surface area contributed by atoms with E-state index < -0.39 is 16.0 Å². The first-order valence-corrected chi connectivity index (χ1v) is 10.4. The van der Waals surface area contributed by atoms with Crippen LogP contribution >= 0.6 is 57.8 Å². The summed E-state index contributed by atoms with van der Waals surface area (Å²) < 4.78 is 1.62. The van der Waals surface area contributed by atoms with Crippen LogP contribution in [-0.4, -0.2) is 35.0 Å². The summed E-state index contributed by atoms with van der Waals surface area (Å²) in [6, 6.07) is 0. The molecule has 1 aromatic carbocycles. The molecule has 1 rings (SSSR count). The summed E-state index contributed by atoms with van der Waals surface area (Å²) in [4.78, 5) is 24.0. The molecule has 1 aromatic rings. The van der Waals surface area contributed by atoms with E-state index in [1.54, 1.807) is 6.92 Å². The van der Waals surface area contributed by atoms with Gasteiger partial charge in [0.2, 0.25) is 5.12 Å². The second kappa shape index (κ2) is 5.87. The first-order valence-electron chi connectivity index (χ1n) is 5.13. The number of carboxylic acid groups (broad SMARTS) is 1. The molecule has 0 aliphatic rings. The SMILES string of the molecule is Cc1c(Br)c(Br)c(C(=O)S(C)(C)C)c(C(=O)O)c1Br. The Morgan fingerprint density at radius 2 is 1.42 bits per heavy atom. The lowest BCUT2D eigenvalue weighted by Crippen LogP contribution is -2.16. The fourth-order valence-corrected chi connectivity index (χ4v) is 4.33. The van der Waals surface area contributed by atoms with Crippen molar-refractivity contribution in [2.75, 3.05) is 18.8 Å². The minimum Gasteiger partial charge on any atom is -0.478 e. The maximum Gasteiger partial charge on any atom is 0.337 e. The third-order valence-electron chi connectivity index (χ3n) is 2.51. The molecule has 0 aliphatic heterocycles. The molecule has 0 amide bonds. The fourth-order valence-electron chi connectivity index (χ4n) is 1.48. The Bertz CT molecular complexity index is 577. The van der Waals surface area contributed by atoms with Gasteiger partial charge in [0.05, 0.1) is 11.1 Å². The Labute approximate surface area is 138 Å². The highest BCUT2D eigenvalue weighted by Crippen LogP contribution is 2.46. The number of carboxylic acids is 1. The van der Waals surface area contributed by atoms with Crippen LogP contribution in [0.1, 0.15) is 26.3 Å². The van der Waals surface area contributed by atoms with Crippen molar-refractivity contribution in [2.24, 2.45) is 0 Å². The normalized spacial score (nSPS) is 12.4. The second-order valence-corrected chi connectivity index (χ2v) is 11.2. The summed E-state index contributed by atoms with van der Waals surface area (Å²) in [5.74, 6) is -1.12. The molecule has 7 heteroatoms. The lowest BCUT2D eigenvalue weighted by molar-refractivity contribution is 0.0692. The minimum absolute atomic E-state index is 0.0139. The van der Waals surface area contributed by atoms with Crippen LogP contribution in [0.3, 0.4) is 0 Å². The van der Waals surface area contributed by atoms with E-state index >= 15 is 0 Å². The topological polar surface area (TPSA) is 54.4 Å². The van der Waals surface area contributed by atoms with E-state index in [-0.39, 0.29) is 16.2 Å². The third kappa shape index (κ3) is 3.25. The van der Waals surface area contributed by atoms with Crippen molar-refractivity contribution in [1.82, 2.24) is 0 Å². The minimum atomic E-state index is -1.55. The van der Waals surface area contributed by atoms with Crippen LogP contribution < -0.4 is 0 Å². The Morgan fingerprint density at radius 1 is 0.947 bits per heavy atom.